The molecule has 1 heterocycles. The van der Waals surface area contributed by atoms with E-state index in [9.17, 15) is 21.6 Å². The van der Waals surface area contributed by atoms with Gasteiger partial charge in [-0.3, -0.25) is 4.90 Å². The minimum atomic E-state index is -4.73. The largest absolute Gasteiger partial charge is 0.404 e. The molecule has 27 heavy (non-hydrogen) atoms. The molecule has 1 saturated heterocycles. The van der Waals surface area contributed by atoms with Gasteiger partial charge in [0.1, 0.15) is 0 Å². The molecular weight excluding hydrogens is 377 g/mol. The van der Waals surface area contributed by atoms with Gasteiger partial charge in [0, 0.05) is 26.2 Å². The molecule has 0 unspecified atom stereocenters. The molecule has 2 aromatic carbocycles. The highest BCUT2D eigenvalue weighted by Crippen LogP contribution is 2.30. The lowest BCUT2D eigenvalue weighted by molar-refractivity contribution is -0.107. The van der Waals surface area contributed by atoms with Gasteiger partial charge in [-0.25, -0.2) is 8.42 Å². The van der Waals surface area contributed by atoms with Crippen LogP contribution in [0.15, 0.2) is 60.7 Å². The van der Waals surface area contributed by atoms with E-state index in [0.717, 1.165) is 15.4 Å². The van der Waals surface area contributed by atoms with Gasteiger partial charge in [0.2, 0.25) is 10.0 Å². The Morgan fingerprint density at radius 3 is 1.67 bits per heavy atom. The van der Waals surface area contributed by atoms with Crippen LogP contribution < -0.4 is 0 Å². The highest BCUT2D eigenvalue weighted by atomic mass is 32.2. The average molecular weight is 398 g/mol. The van der Waals surface area contributed by atoms with Gasteiger partial charge in [-0.05, 0) is 11.1 Å². The molecule has 3 rings (SSSR count). The molecule has 4 nitrogen and oxygen atoms in total. The van der Waals surface area contributed by atoms with Crippen LogP contribution in [-0.4, -0.2) is 55.7 Å². The lowest BCUT2D eigenvalue weighted by Gasteiger charge is -2.39. The number of nitrogens with zero attached hydrogens (tertiary/aromatic N) is 2. The lowest BCUT2D eigenvalue weighted by atomic mass is 9.96. The molecular formula is C19H21F3N2O2S. The predicted octanol–water partition coefficient (Wildman–Crippen LogP) is 3.29. The van der Waals surface area contributed by atoms with E-state index in [0.29, 0.717) is 13.1 Å². The first-order valence-electron chi connectivity index (χ1n) is 8.65. The van der Waals surface area contributed by atoms with Gasteiger partial charge in [-0.2, -0.15) is 17.5 Å². The zero-order valence-electron chi connectivity index (χ0n) is 14.6. The van der Waals surface area contributed by atoms with E-state index >= 15 is 0 Å². The molecule has 0 radical (unpaired) electrons. The van der Waals surface area contributed by atoms with E-state index in [2.05, 4.69) is 4.90 Å². The highest BCUT2D eigenvalue weighted by Gasteiger charge is 2.40. The normalized spacial score (nSPS) is 17.3. The van der Waals surface area contributed by atoms with Gasteiger partial charge in [0.25, 0.3) is 0 Å². The Kier molecular flexibility index (Phi) is 5.88. The number of sulfonamides is 1. The summed E-state index contributed by atoms with van der Waals surface area (Å²) in [5.74, 6) is -1.80. The van der Waals surface area contributed by atoms with Crippen LogP contribution in [0.1, 0.15) is 17.2 Å². The molecule has 0 atom stereocenters. The maximum atomic E-state index is 12.5. The molecule has 0 amide bonds. The maximum absolute atomic E-state index is 12.5. The van der Waals surface area contributed by atoms with Gasteiger partial charge in [0.15, 0.2) is 5.75 Å². The summed E-state index contributed by atoms with van der Waals surface area (Å²) in [6.07, 6.45) is -4.73. The zero-order chi connectivity index (χ0) is 19.5. The van der Waals surface area contributed by atoms with Gasteiger partial charge in [-0.1, -0.05) is 60.7 Å². The van der Waals surface area contributed by atoms with E-state index in [1.54, 1.807) is 0 Å². The molecule has 8 heteroatoms. The Morgan fingerprint density at radius 1 is 0.815 bits per heavy atom. The maximum Gasteiger partial charge on any atom is 0.404 e. The molecule has 0 aromatic heterocycles. The van der Waals surface area contributed by atoms with Gasteiger partial charge in [-0.15, -0.1) is 0 Å². The third-order valence-corrected chi connectivity index (χ3v) is 6.45. The van der Waals surface area contributed by atoms with Crippen molar-refractivity contribution in [3.8, 4) is 0 Å². The van der Waals surface area contributed by atoms with E-state index in [-0.39, 0.29) is 19.1 Å². The fourth-order valence-corrected chi connectivity index (χ4v) is 4.74. The SMILES string of the molecule is O=S(=O)(CC(F)(F)F)N1CCN(C(c2ccccc2)c2ccccc2)CC1. The summed E-state index contributed by atoms with van der Waals surface area (Å²) in [5.41, 5.74) is 2.13. The van der Waals surface area contributed by atoms with Crippen LogP contribution in [0.5, 0.6) is 0 Å². The molecule has 0 spiro atoms. The van der Waals surface area contributed by atoms with Crippen LogP contribution in [0.25, 0.3) is 0 Å². The van der Waals surface area contributed by atoms with Crippen molar-refractivity contribution in [2.75, 3.05) is 31.9 Å². The predicted molar refractivity (Wildman–Crippen MR) is 97.7 cm³/mol. The average Bonchev–Trinajstić information content (AvgIpc) is 2.62. The van der Waals surface area contributed by atoms with Crippen molar-refractivity contribution in [2.45, 2.75) is 12.2 Å². The van der Waals surface area contributed by atoms with Crippen LogP contribution in [0.4, 0.5) is 13.2 Å². The van der Waals surface area contributed by atoms with Crippen molar-refractivity contribution in [1.82, 2.24) is 9.21 Å². The lowest BCUT2D eigenvalue weighted by Crippen LogP contribution is -2.51. The van der Waals surface area contributed by atoms with E-state index in [1.807, 2.05) is 60.7 Å². The number of rotatable bonds is 5. The van der Waals surface area contributed by atoms with E-state index in [4.69, 9.17) is 0 Å². The fraction of sp³-hybridized carbons (Fsp3) is 0.368. The van der Waals surface area contributed by atoms with E-state index in [1.165, 1.54) is 0 Å². The summed E-state index contributed by atoms with van der Waals surface area (Å²) in [6, 6.07) is 19.6. The van der Waals surface area contributed by atoms with Gasteiger partial charge in [0.05, 0.1) is 6.04 Å². The second-order valence-electron chi connectivity index (χ2n) is 6.53. The number of piperazine rings is 1. The Balaban J connectivity index is 1.78. The second-order valence-corrected chi connectivity index (χ2v) is 8.50. The zero-order valence-corrected chi connectivity index (χ0v) is 15.5. The number of hydrogen-bond acceptors (Lipinski definition) is 3. The summed E-state index contributed by atoms with van der Waals surface area (Å²) < 4.78 is 62.6. The Hall–Kier alpha value is -1.90. The highest BCUT2D eigenvalue weighted by molar-refractivity contribution is 7.89. The quantitative estimate of drug-likeness (QED) is 0.776. The molecule has 0 N–H and O–H groups in total. The minimum Gasteiger partial charge on any atom is -0.290 e. The second kappa shape index (κ2) is 8.00. The van der Waals surface area contributed by atoms with Crippen LogP contribution in [-0.2, 0) is 10.0 Å². The molecule has 0 bridgehead atoms. The monoisotopic (exact) mass is 398 g/mol. The first-order valence-corrected chi connectivity index (χ1v) is 10.3. The first-order chi connectivity index (χ1) is 12.8. The number of benzene rings is 2. The minimum absolute atomic E-state index is 0.0502. The fourth-order valence-electron chi connectivity index (χ4n) is 3.42. The van der Waals surface area contributed by atoms with Crippen LogP contribution in [0.2, 0.25) is 0 Å². The van der Waals surface area contributed by atoms with Crippen molar-refractivity contribution >= 4 is 10.0 Å². The Labute approximate surface area is 157 Å². The summed E-state index contributed by atoms with van der Waals surface area (Å²) in [4.78, 5) is 2.12. The van der Waals surface area contributed by atoms with Crippen LogP contribution in [0.3, 0.4) is 0 Å². The third-order valence-electron chi connectivity index (χ3n) is 4.61. The van der Waals surface area contributed by atoms with Crippen molar-refractivity contribution in [1.29, 1.82) is 0 Å². The van der Waals surface area contributed by atoms with Gasteiger partial charge < -0.3 is 0 Å². The third kappa shape index (κ3) is 5.09. The molecule has 1 fully saturated rings. The number of alkyl halides is 3. The summed E-state index contributed by atoms with van der Waals surface area (Å²) in [7, 11) is -4.34. The molecule has 2 aromatic rings. The number of halogens is 3. The standard InChI is InChI=1S/C19H21F3N2O2S/c20-19(21,22)15-27(25,26)24-13-11-23(12-14-24)18(16-7-3-1-4-8-16)17-9-5-2-6-10-17/h1-10,18H,11-15H2. The first kappa shape index (κ1) is 19.9. The Bertz CT molecular complexity index is 795. The summed E-state index contributed by atoms with van der Waals surface area (Å²) in [6.45, 7) is 0.834. The van der Waals surface area contributed by atoms with Crippen molar-refractivity contribution in [3.63, 3.8) is 0 Å². The van der Waals surface area contributed by atoms with E-state index < -0.39 is 22.0 Å². The molecule has 146 valence electrons. The van der Waals surface area contributed by atoms with Crippen molar-refractivity contribution in [2.24, 2.45) is 0 Å². The topological polar surface area (TPSA) is 40.6 Å². The Morgan fingerprint density at radius 2 is 1.26 bits per heavy atom. The molecule has 1 aliphatic rings. The molecule has 0 aliphatic carbocycles. The summed E-state index contributed by atoms with van der Waals surface area (Å²) >= 11 is 0. The molecule has 0 saturated carbocycles. The van der Waals surface area contributed by atoms with Crippen LogP contribution >= 0.6 is 0 Å². The van der Waals surface area contributed by atoms with Crippen molar-refractivity contribution < 1.29 is 21.6 Å². The smallest absolute Gasteiger partial charge is 0.290 e. The summed E-state index contributed by atoms with van der Waals surface area (Å²) in [5, 5.41) is 0. The number of hydrogen-bond donors (Lipinski definition) is 0. The van der Waals surface area contributed by atoms with Crippen LogP contribution in [0, 0.1) is 0 Å². The molecule has 1 aliphatic heterocycles. The van der Waals surface area contributed by atoms with Crippen molar-refractivity contribution in [3.05, 3.63) is 71.8 Å². The van der Waals surface area contributed by atoms with Gasteiger partial charge >= 0.3 is 6.18 Å².